The lowest BCUT2D eigenvalue weighted by molar-refractivity contribution is -0.133. The molecule has 2 aromatic rings. The first-order valence-corrected chi connectivity index (χ1v) is 13.5. The zero-order valence-electron chi connectivity index (χ0n) is 21.1. The maximum Gasteiger partial charge on any atom is 0.318 e. The Hall–Kier alpha value is -2.46. The zero-order valence-corrected chi connectivity index (χ0v) is 22.6. The number of benzene rings is 1. The first-order chi connectivity index (χ1) is 17.2. The van der Waals surface area contributed by atoms with Crippen LogP contribution in [-0.4, -0.2) is 83.9 Å². The predicted molar refractivity (Wildman–Crippen MR) is 144 cm³/mol. The summed E-state index contributed by atoms with van der Waals surface area (Å²) in [6, 6.07) is 11.0. The van der Waals surface area contributed by atoms with Crippen LogP contribution in [0.5, 0.6) is 0 Å². The van der Waals surface area contributed by atoms with E-state index in [0.717, 1.165) is 29.2 Å². The Bertz CT molecular complexity index is 1060. The number of hydrogen-bond donors (Lipinski definition) is 1. The molecule has 10 heteroatoms. The fraction of sp³-hybridized carbons (Fsp3) is 0.500. The molecule has 1 fully saturated rings. The highest BCUT2D eigenvalue weighted by atomic mass is 35.5. The molecule has 0 radical (unpaired) electrons. The van der Waals surface area contributed by atoms with Gasteiger partial charge in [0.05, 0.1) is 29.8 Å². The van der Waals surface area contributed by atoms with Gasteiger partial charge in [0.15, 0.2) is 0 Å². The highest BCUT2D eigenvalue weighted by molar-refractivity contribution is 7.12. The minimum Gasteiger partial charge on any atom is -0.379 e. The Morgan fingerprint density at radius 1 is 1.19 bits per heavy atom. The number of carbonyl (C=O) groups excluding carboxylic acids is 2. The second-order valence-electron chi connectivity index (χ2n) is 10.1. The summed E-state index contributed by atoms with van der Waals surface area (Å²) in [5.41, 5.74) is 1.42. The van der Waals surface area contributed by atoms with E-state index in [4.69, 9.17) is 21.4 Å². The molecule has 1 aromatic carbocycles. The smallest absolute Gasteiger partial charge is 0.318 e. The summed E-state index contributed by atoms with van der Waals surface area (Å²) in [5.74, 6) is -0.215. The number of carbonyl (C=O) groups is 2. The second-order valence-corrected chi connectivity index (χ2v) is 11.5. The molecular formula is C26H34ClN5O3S. The van der Waals surface area contributed by atoms with Crippen LogP contribution in [0.1, 0.15) is 43.7 Å². The van der Waals surface area contributed by atoms with Crippen molar-refractivity contribution in [3.63, 3.8) is 0 Å². The van der Waals surface area contributed by atoms with Crippen LogP contribution in [0.4, 0.5) is 4.79 Å². The van der Waals surface area contributed by atoms with Crippen molar-refractivity contribution >= 4 is 40.6 Å². The molecule has 0 unspecified atom stereocenters. The van der Waals surface area contributed by atoms with Crippen molar-refractivity contribution in [2.24, 2.45) is 5.10 Å². The van der Waals surface area contributed by atoms with E-state index in [2.05, 4.69) is 10.2 Å². The van der Waals surface area contributed by atoms with Gasteiger partial charge < -0.3 is 15.0 Å². The number of ether oxygens (including phenoxy) is 1. The zero-order chi connectivity index (χ0) is 25.7. The molecule has 36 heavy (non-hydrogen) atoms. The first kappa shape index (κ1) is 26.6. The van der Waals surface area contributed by atoms with Crippen LogP contribution in [0.25, 0.3) is 0 Å². The van der Waals surface area contributed by atoms with E-state index >= 15 is 0 Å². The van der Waals surface area contributed by atoms with E-state index in [1.54, 1.807) is 21.2 Å². The molecule has 4 rings (SSSR count). The lowest BCUT2D eigenvalue weighted by Crippen LogP contribution is -2.53. The van der Waals surface area contributed by atoms with E-state index in [1.165, 1.54) is 0 Å². The van der Waals surface area contributed by atoms with Crippen molar-refractivity contribution in [3.05, 3.63) is 57.2 Å². The number of nitrogens with zero attached hydrogens (tertiary/aromatic N) is 4. The van der Waals surface area contributed by atoms with Gasteiger partial charge in [-0.25, -0.2) is 9.80 Å². The summed E-state index contributed by atoms with van der Waals surface area (Å²) in [4.78, 5) is 31.8. The quantitative estimate of drug-likeness (QED) is 0.580. The highest BCUT2D eigenvalue weighted by Crippen LogP contribution is 2.34. The molecule has 0 spiro atoms. The lowest BCUT2D eigenvalue weighted by atomic mass is 10.0. The average molecular weight is 532 g/mol. The van der Waals surface area contributed by atoms with E-state index in [9.17, 15) is 9.59 Å². The number of morpholine rings is 1. The maximum atomic E-state index is 13.7. The van der Waals surface area contributed by atoms with Gasteiger partial charge in [-0.05, 0) is 49.9 Å². The van der Waals surface area contributed by atoms with Gasteiger partial charge in [0.1, 0.15) is 6.54 Å². The summed E-state index contributed by atoms with van der Waals surface area (Å²) in [6.07, 6.45) is 0.607. The minimum absolute atomic E-state index is 0.0580. The van der Waals surface area contributed by atoms with Gasteiger partial charge in [-0.2, -0.15) is 5.10 Å². The first-order valence-electron chi connectivity index (χ1n) is 12.3. The van der Waals surface area contributed by atoms with Crippen LogP contribution in [0.2, 0.25) is 5.02 Å². The van der Waals surface area contributed by atoms with E-state index in [-0.39, 0.29) is 24.5 Å². The molecule has 0 saturated carbocycles. The van der Waals surface area contributed by atoms with Crippen LogP contribution >= 0.6 is 22.9 Å². The Morgan fingerprint density at radius 3 is 2.56 bits per heavy atom. The van der Waals surface area contributed by atoms with Gasteiger partial charge in [0.2, 0.25) is 0 Å². The van der Waals surface area contributed by atoms with Gasteiger partial charge in [0, 0.05) is 43.2 Å². The van der Waals surface area contributed by atoms with E-state index < -0.39 is 5.54 Å². The van der Waals surface area contributed by atoms with Gasteiger partial charge in [-0.15, -0.1) is 11.3 Å². The summed E-state index contributed by atoms with van der Waals surface area (Å²) in [7, 11) is 0. The van der Waals surface area contributed by atoms with Crippen LogP contribution in [-0.2, 0) is 9.53 Å². The second kappa shape index (κ2) is 11.7. The van der Waals surface area contributed by atoms with Crippen molar-refractivity contribution in [2.75, 3.05) is 45.9 Å². The molecule has 2 aliphatic rings. The Morgan fingerprint density at radius 2 is 1.92 bits per heavy atom. The molecule has 1 atom stereocenters. The third kappa shape index (κ3) is 7.06. The summed E-state index contributed by atoms with van der Waals surface area (Å²) in [5, 5.41) is 11.9. The Balaban J connectivity index is 1.53. The van der Waals surface area contributed by atoms with E-state index in [0.29, 0.717) is 37.7 Å². The third-order valence-corrected chi connectivity index (χ3v) is 7.28. The summed E-state index contributed by atoms with van der Waals surface area (Å²) in [6.45, 7) is 9.87. The van der Waals surface area contributed by atoms with Crippen molar-refractivity contribution in [1.82, 2.24) is 20.1 Å². The van der Waals surface area contributed by atoms with Crippen molar-refractivity contribution in [2.45, 2.75) is 38.8 Å². The molecule has 0 bridgehead atoms. The number of nitrogens with one attached hydrogen (secondary N) is 1. The van der Waals surface area contributed by atoms with Crippen molar-refractivity contribution < 1.29 is 14.3 Å². The minimum atomic E-state index is -0.415. The van der Waals surface area contributed by atoms with Crippen LogP contribution < -0.4 is 5.32 Å². The van der Waals surface area contributed by atoms with Crippen LogP contribution in [0.15, 0.2) is 46.9 Å². The summed E-state index contributed by atoms with van der Waals surface area (Å²) < 4.78 is 5.44. The Kier molecular flexibility index (Phi) is 8.66. The Labute approximate surface area is 221 Å². The van der Waals surface area contributed by atoms with Gasteiger partial charge in [0.25, 0.3) is 5.91 Å². The van der Waals surface area contributed by atoms with E-state index in [1.807, 2.05) is 62.5 Å². The van der Waals surface area contributed by atoms with Gasteiger partial charge >= 0.3 is 6.03 Å². The molecule has 2 aliphatic heterocycles. The topological polar surface area (TPSA) is 77.5 Å². The number of hydrogen-bond acceptors (Lipinski definition) is 6. The molecule has 194 valence electrons. The van der Waals surface area contributed by atoms with Crippen LogP contribution in [0.3, 0.4) is 0 Å². The lowest BCUT2D eigenvalue weighted by Gasteiger charge is -2.32. The molecule has 3 amide bonds. The molecule has 1 N–H and O–H groups in total. The molecule has 0 aliphatic carbocycles. The molecule has 8 nitrogen and oxygen atoms in total. The fourth-order valence-corrected chi connectivity index (χ4v) is 5.10. The molecular weight excluding hydrogens is 498 g/mol. The SMILES string of the molecule is CC(C)(C)NC(=O)N(CCN1CCOCC1)CC(=O)N1N=C(c2cccs2)C[C@@H]1c1ccc(Cl)cc1. The van der Waals surface area contributed by atoms with Crippen molar-refractivity contribution in [3.8, 4) is 0 Å². The van der Waals surface area contributed by atoms with Crippen LogP contribution in [0, 0.1) is 0 Å². The van der Waals surface area contributed by atoms with Gasteiger partial charge in [-0.3, -0.25) is 9.69 Å². The normalized spacial score (nSPS) is 18.7. The average Bonchev–Trinajstić information content (AvgIpc) is 3.52. The number of hydrazone groups is 1. The standard InChI is InChI=1S/C26H34ClN5O3S/c1-26(2,3)28-25(34)31(11-10-30-12-14-35-15-13-30)18-24(33)32-22(19-6-8-20(27)9-7-19)17-21(29-32)23-5-4-16-36-23/h4-9,16,22H,10-15,17-18H2,1-3H3,(H,28,34)/t22-/m1/s1. The maximum absolute atomic E-state index is 13.7. The highest BCUT2D eigenvalue weighted by Gasteiger charge is 2.35. The number of amides is 3. The summed E-state index contributed by atoms with van der Waals surface area (Å²) >= 11 is 7.71. The number of thiophene rings is 1. The van der Waals surface area contributed by atoms with Crippen molar-refractivity contribution in [1.29, 1.82) is 0 Å². The number of rotatable bonds is 7. The largest absolute Gasteiger partial charge is 0.379 e. The fourth-order valence-electron chi connectivity index (χ4n) is 4.25. The molecule has 1 aromatic heterocycles. The van der Waals surface area contributed by atoms with Gasteiger partial charge in [-0.1, -0.05) is 29.8 Å². The number of urea groups is 1. The number of halogens is 1. The predicted octanol–water partition coefficient (Wildman–Crippen LogP) is 4.22. The third-order valence-electron chi connectivity index (χ3n) is 6.11. The molecule has 3 heterocycles. The molecule has 1 saturated heterocycles. The monoisotopic (exact) mass is 531 g/mol.